The molecule has 6 heteroatoms. The Morgan fingerprint density at radius 2 is 1.12 bits per heavy atom. The van der Waals surface area contributed by atoms with Gasteiger partial charge in [0.25, 0.3) is 0 Å². The Kier molecular flexibility index (Phi) is 14.9. The van der Waals surface area contributed by atoms with E-state index in [2.05, 4.69) is 285 Å². The number of fused-ring (bicyclic) bond motifs is 3. The molecule has 5 nitrogen and oxygen atoms in total. The Morgan fingerprint density at radius 1 is 0.520 bits per heavy atom. The normalized spacial score (nSPS) is 13.8. The number of aromatic nitrogens is 2. The summed E-state index contributed by atoms with van der Waals surface area (Å²) >= 11 is 0. The molecule has 8 aromatic rings. The van der Waals surface area contributed by atoms with Crippen molar-refractivity contribution in [1.82, 2.24) is 9.55 Å². The van der Waals surface area contributed by atoms with Gasteiger partial charge < -0.3 is 19.1 Å². The smallest absolute Gasteiger partial charge is 0.135 e. The van der Waals surface area contributed by atoms with E-state index in [9.17, 15) is 0 Å². The summed E-state index contributed by atoms with van der Waals surface area (Å²) in [5.74, 6) is 2.69. The second-order valence-corrected chi connectivity index (χ2v) is 26.1. The maximum Gasteiger partial charge on any atom is 0.135 e. The average molecular weight is 1180 g/mol. The molecular weight excluding hydrogens is 1100 g/mol. The van der Waals surface area contributed by atoms with Crippen LogP contribution in [-0.2, 0) is 48.1 Å². The molecule has 0 amide bonds. The van der Waals surface area contributed by atoms with Crippen LogP contribution in [-0.4, -0.2) is 9.55 Å². The number of ether oxygens (including phenoxy) is 1. The van der Waals surface area contributed by atoms with Crippen molar-refractivity contribution < 1.29 is 25.8 Å². The molecule has 0 bridgehead atoms. The molecule has 0 saturated carbocycles. The monoisotopic (exact) mass is 1170 g/mol. The molecular formula is C69H79N4OPt-3. The second kappa shape index (κ2) is 20.2. The van der Waals surface area contributed by atoms with Gasteiger partial charge in [-0.3, -0.25) is 0 Å². The van der Waals surface area contributed by atoms with Crippen LogP contribution in [0.3, 0.4) is 0 Å². The van der Waals surface area contributed by atoms with Gasteiger partial charge in [-0.25, -0.2) is 4.98 Å². The van der Waals surface area contributed by atoms with Gasteiger partial charge in [-0.2, -0.15) is 6.07 Å². The molecule has 0 spiro atoms. The van der Waals surface area contributed by atoms with Crippen LogP contribution in [0, 0.1) is 18.8 Å². The van der Waals surface area contributed by atoms with Crippen molar-refractivity contribution in [3.05, 3.63) is 203 Å². The number of hydrogen-bond donors (Lipinski definition) is 0. The summed E-state index contributed by atoms with van der Waals surface area (Å²) in [6.07, 6.45) is 4.28. The van der Waals surface area contributed by atoms with E-state index in [-0.39, 0.29) is 48.1 Å². The zero-order chi connectivity index (χ0) is 53.4. The third-order valence-electron chi connectivity index (χ3n) is 15.2. The molecule has 0 saturated heterocycles. The second-order valence-electron chi connectivity index (χ2n) is 26.1. The van der Waals surface area contributed by atoms with E-state index in [0.717, 1.165) is 50.3 Å². The van der Waals surface area contributed by atoms with Crippen LogP contribution in [0.1, 0.15) is 187 Å². The Hall–Kier alpha value is -5.90. The van der Waals surface area contributed by atoms with Gasteiger partial charge in [0, 0.05) is 66.6 Å². The van der Waals surface area contributed by atoms with Gasteiger partial charge in [-0.1, -0.05) is 197 Å². The van der Waals surface area contributed by atoms with Crippen LogP contribution in [0.5, 0.6) is 11.5 Å². The first-order valence-electron chi connectivity index (χ1n) is 26.8. The van der Waals surface area contributed by atoms with Crippen LogP contribution >= 0.6 is 0 Å². The molecule has 2 aromatic heterocycles. The fourth-order valence-electron chi connectivity index (χ4n) is 10.3. The number of rotatable bonds is 10. The van der Waals surface area contributed by atoms with E-state index >= 15 is 0 Å². The zero-order valence-electron chi connectivity index (χ0n) is 47.9. The molecule has 3 heterocycles. The fourth-order valence-corrected chi connectivity index (χ4v) is 10.3. The molecule has 0 fully saturated rings. The first-order valence-corrected chi connectivity index (χ1v) is 26.8. The predicted octanol–water partition coefficient (Wildman–Crippen LogP) is 18.8. The van der Waals surface area contributed by atoms with Crippen LogP contribution in [0.15, 0.2) is 134 Å². The summed E-state index contributed by atoms with van der Waals surface area (Å²) in [6.45, 7) is 43.5. The van der Waals surface area contributed by atoms with E-state index in [4.69, 9.17) is 9.72 Å². The molecule has 1 aliphatic heterocycles. The number of benzene rings is 6. The summed E-state index contributed by atoms with van der Waals surface area (Å²) < 4.78 is 9.35. The molecule has 6 aromatic carbocycles. The largest absolute Gasteiger partial charge is 0.509 e. The number of pyridine rings is 1. The fraction of sp³-hybridized carbons (Fsp3) is 0.362. The van der Waals surface area contributed by atoms with Gasteiger partial charge in [0.1, 0.15) is 5.82 Å². The van der Waals surface area contributed by atoms with Crippen molar-refractivity contribution in [2.24, 2.45) is 0 Å². The quantitative estimate of drug-likeness (QED) is 0.128. The first-order chi connectivity index (χ1) is 34.6. The molecule has 0 aliphatic carbocycles. The van der Waals surface area contributed by atoms with Crippen molar-refractivity contribution in [3.63, 3.8) is 0 Å². The van der Waals surface area contributed by atoms with E-state index in [0.29, 0.717) is 23.3 Å². The van der Waals surface area contributed by atoms with Crippen molar-refractivity contribution in [2.45, 2.75) is 164 Å². The third kappa shape index (κ3) is 11.0. The molecule has 75 heavy (non-hydrogen) atoms. The standard InChI is InChI=1S/C69H79N4O.Pt/c1-44(2)56-25-22-26-57(45(3)4)64(56)62-42-71(52-34-49(66(8,9)10)33-50(35-52)67(11,12)13)43-72(62)53-36-51(68(14,15)16)37-55(40-53)74-54-28-29-58-59-38-48(69(17,18)46-23-20-19-21-24-46)27-30-60(59)73(61(58)41-54)63-39-47(31-32-70-63)65(5,6)7;/h19-39,42-45H,1-18H3;/q-3;. The van der Waals surface area contributed by atoms with Gasteiger partial charge in [0.2, 0.25) is 0 Å². The van der Waals surface area contributed by atoms with Crippen LogP contribution < -0.4 is 14.5 Å². The van der Waals surface area contributed by atoms with Gasteiger partial charge in [-0.15, -0.1) is 53.6 Å². The zero-order valence-corrected chi connectivity index (χ0v) is 50.2. The minimum absolute atomic E-state index is 0. The summed E-state index contributed by atoms with van der Waals surface area (Å²) in [6, 6.07) is 52.4. The molecule has 0 radical (unpaired) electrons. The van der Waals surface area contributed by atoms with Crippen molar-refractivity contribution in [2.75, 3.05) is 9.80 Å². The van der Waals surface area contributed by atoms with Gasteiger partial charge in [0.05, 0.1) is 0 Å². The molecule has 1 aliphatic rings. The Labute approximate surface area is 464 Å². The molecule has 0 atom stereocenters. The SMILES string of the molecule is CC(C)c1cccc(C(C)C)c1C1=CN(c2cc(C(C)(C)C)cc(C(C)(C)C)c2)[CH-]N1c1[c-]c(Oc2[c-]c3c(cc2)c2cc(C(C)(C)c4ccccc4)ccc2n3-c2cc(C(C)(C)C)ccn2)cc(C(C)(C)C)c1.[Pt]. The maximum atomic E-state index is 7.09. The topological polar surface area (TPSA) is 33.5 Å². The molecule has 394 valence electrons. The first kappa shape index (κ1) is 55.3. The Bertz CT molecular complexity index is 3360. The van der Waals surface area contributed by atoms with Gasteiger partial charge in [0.15, 0.2) is 0 Å². The summed E-state index contributed by atoms with van der Waals surface area (Å²) in [7, 11) is 0. The number of hydrogen-bond acceptors (Lipinski definition) is 4. The van der Waals surface area contributed by atoms with Crippen LogP contribution in [0.2, 0.25) is 0 Å². The van der Waals surface area contributed by atoms with Crippen LogP contribution in [0.25, 0.3) is 33.3 Å². The Balaban J connectivity index is 0.00000747. The Morgan fingerprint density at radius 3 is 1.71 bits per heavy atom. The summed E-state index contributed by atoms with van der Waals surface area (Å²) in [5.41, 5.74) is 16.0. The van der Waals surface area contributed by atoms with Crippen molar-refractivity contribution >= 4 is 38.9 Å². The average Bonchev–Trinajstić information content (AvgIpc) is 3.92. The van der Waals surface area contributed by atoms with E-state index < -0.39 is 0 Å². The van der Waals surface area contributed by atoms with Crippen LogP contribution in [0.4, 0.5) is 11.4 Å². The minimum atomic E-state index is -0.218. The number of anilines is 2. The van der Waals surface area contributed by atoms with E-state index in [1.807, 2.05) is 6.20 Å². The summed E-state index contributed by atoms with van der Waals surface area (Å²) in [5, 5.41) is 2.24. The number of nitrogens with zero attached hydrogens (tertiary/aromatic N) is 4. The van der Waals surface area contributed by atoms with E-state index in [1.165, 1.54) is 44.5 Å². The van der Waals surface area contributed by atoms with Crippen molar-refractivity contribution in [1.29, 1.82) is 0 Å². The predicted molar refractivity (Wildman–Crippen MR) is 314 cm³/mol. The van der Waals surface area contributed by atoms with Gasteiger partial charge in [-0.05, 0) is 114 Å². The molecule has 9 rings (SSSR count). The minimum Gasteiger partial charge on any atom is -0.509 e. The molecule has 0 unspecified atom stereocenters. The van der Waals surface area contributed by atoms with Crippen molar-refractivity contribution in [3.8, 4) is 17.3 Å². The maximum absolute atomic E-state index is 7.09. The van der Waals surface area contributed by atoms with Gasteiger partial charge >= 0.3 is 0 Å². The summed E-state index contributed by atoms with van der Waals surface area (Å²) in [4.78, 5) is 9.71. The molecule has 0 N–H and O–H groups in total. The van der Waals surface area contributed by atoms with E-state index in [1.54, 1.807) is 0 Å². The third-order valence-corrected chi connectivity index (χ3v) is 15.2.